The van der Waals surface area contributed by atoms with Gasteiger partial charge in [-0.3, -0.25) is 0 Å². The Hall–Kier alpha value is -1.23. The van der Waals surface area contributed by atoms with E-state index in [2.05, 4.69) is 18.8 Å². The number of cyclic esters (lactones) is 1. The molecule has 0 fully saturated rings. The molecule has 1 aliphatic heterocycles. The van der Waals surface area contributed by atoms with E-state index in [1.54, 1.807) is 6.08 Å². The highest BCUT2D eigenvalue weighted by Gasteiger charge is 2.13. The van der Waals surface area contributed by atoms with Gasteiger partial charge in [0.25, 0.3) is 0 Å². The van der Waals surface area contributed by atoms with Crippen LogP contribution in [0.25, 0.3) is 0 Å². The minimum absolute atomic E-state index is 0.272. The summed E-state index contributed by atoms with van der Waals surface area (Å²) in [5, 5.41) is 0. The molecular formula is C12H16O2. The Labute approximate surface area is 85.3 Å². The van der Waals surface area contributed by atoms with Gasteiger partial charge in [-0.25, -0.2) is 4.79 Å². The van der Waals surface area contributed by atoms with E-state index in [1.807, 2.05) is 0 Å². The number of ether oxygens (including phenoxy) is 1. The van der Waals surface area contributed by atoms with Crippen molar-refractivity contribution in [3.05, 3.63) is 11.6 Å². The topological polar surface area (TPSA) is 26.3 Å². The molecule has 0 aromatic carbocycles. The van der Waals surface area contributed by atoms with E-state index < -0.39 is 0 Å². The summed E-state index contributed by atoms with van der Waals surface area (Å²) in [4.78, 5) is 10.9. The lowest BCUT2D eigenvalue weighted by atomic mass is 10.1. The summed E-state index contributed by atoms with van der Waals surface area (Å²) in [6.07, 6.45) is 7.49. The number of hydrogen-bond donors (Lipinski definition) is 0. The second kappa shape index (κ2) is 6.26. The number of carbonyl (C=O) groups excluding carboxylic acids is 1. The minimum atomic E-state index is -0.272. The van der Waals surface area contributed by atoms with Crippen LogP contribution in [0.2, 0.25) is 0 Å². The highest BCUT2D eigenvalue weighted by atomic mass is 16.5. The Morgan fingerprint density at radius 1 is 1.43 bits per heavy atom. The number of carbonyl (C=O) groups is 1. The summed E-state index contributed by atoms with van der Waals surface area (Å²) in [5.41, 5.74) is 0.528. The van der Waals surface area contributed by atoms with E-state index in [0.717, 1.165) is 12.8 Å². The highest BCUT2D eigenvalue weighted by Crippen LogP contribution is 2.05. The lowest BCUT2D eigenvalue weighted by Crippen LogP contribution is -1.96. The van der Waals surface area contributed by atoms with Crippen LogP contribution in [0.4, 0.5) is 0 Å². The zero-order valence-electron chi connectivity index (χ0n) is 8.64. The van der Waals surface area contributed by atoms with Gasteiger partial charge in [-0.15, -0.1) is 0 Å². The van der Waals surface area contributed by atoms with Gasteiger partial charge < -0.3 is 4.74 Å². The summed E-state index contributed by atoms with van der Waals surface area (Å²) >= 11 is 0. The molecule has 0 aliphatic carbocycles. The number of rotatable bonds is 4. The van der Waals surface area contributed by atoms with Gasteiger partial charge >= 0.3 is 5.97 Å². The molecule has 0 N–H and O–H groups in total. The van der Waals surface area contributed by atoms with E-state index in [-0.39, 0.29) is 5.97 Å². The minimum Gasteiger partial charge on any atom is -0.457 e. The monoisotopic (exact) mass is 192 g/mol. The van der Waals surface area contributed by atoms with E-state index in [9.17, 15) is 4.79 Å². The Balaban J connectivity index is 2.17. The Morgan fingerprint density at radius 3 is 2.93 bits per heavy atom. The van der Waals surface area contributed by atoms with Crippen molar-refractivity contribution in [3.63, 3.8) is 0 Å². The van der Waals surface area contributed by atoms with Crippen molar-refractivity contribution in [1.29, 1.82) is 0 Å². The molecule has 0 saturated carbocycles. The lowest BCUT2D eigenvalue weighted by molar-refractivity contribution is -0.135. The van der Waals surface area contributed by atoms with Crippen LogP contribution in [0.3, 0.4) is 0 Å². The Morgan fingerprint density at radius 2 is 2.29 bits per heavy atom. The van der Waals surface area contributed by atoms with Gasteiger partial charge in [0.05, 0.1) is 0 Å². The normalized spacial score (nSPS) is 14.4. The van der Waals surface area contributed by atoms with Crippen LogP contribution in [-0.2, 0) is 9.53 Å². The third-order valence-electron chi connectivity index (χ3n) is 2.10. The fourth-order valence-corrected chi connectivity index (χ4v) is 1.26. The van der Waals surface area contributed by atoms with Gasteiger partial charge in [-0.1, -0.05) is 38.0 Å². The summed E-state index contributed by atoms with van der Waals surface area (Å²) in [6, 6.07) is 0. The molecule has 0 aromatic rings. The van der Waals surface area contributed by atoms with Gasteiger partial charge in [0, 0.05) is 6.42 Å². The van der Waals surface area contributed by atoms with E-state index in [4.69, 9.17) is 4.74 Å². The molecule has 0 spiro atoms. The van der Waals surface area contributed by atoms with E-state index >= 15 is 0 Å². The largest absolute Gasteiger partial charge is 0.457 e. The fraction of sp³-hybridized carbons (Fsp3) is 0.583. The van der Waals surface area contributed by atoms with Gasteiger partial charge in [-0.05, 0) is 12.5 Å². The molecule has 14 heavy (non-hydrogen) atoms. The highest BCUT2D eigenvalue weighted by molar-refractivity contribution is 5.95. The maximum atomic E-state index is 10.9. The molecule has 0 aromatic heterocycles. The average molecular weight is 192 g/mol. The van der Waals surface area contributed by atoms with Crippen LogP contribution < -0.4 is 0 Å². The maximum Gasteiger partial charge on any atom is 0.346 e. The standard InChI is InChI=1S/C12H16O2/c1-2-3-4-5-6-7-8-11-9-10-14-12(11)13/h9H,2-6,10H2,1H3. The smallest absolute Gasteiger partial charge is 0.346 e. The molecule has 0 unspecified atom stereocenters. The van der Waals surface area contributed by atoms with Gasteiger partial charge in [0.15, 0.2) is 0 Å². The van der Waals surface area contributed by atoms with Crippen molar-refractivity contribution in [2.45, 2.75) is 39.0 Å². The first-order valence-electron chi connectivity index (χ1n) is 5.20. The quantitative estimate of drug-likeness (QED) is 0.388. The first-order valence-corrected chi connectivity index (χ1v) is 5.20. The van der Waals surface area contributed by atoms with Crippen LogP contribution in [0.15, 0.2) is 11.6 Å². The zero-order chi connectivity index (χ0) is 10.2. The second-order valence-corrected chi connectivity index (χ2v) is 3.33. The van der Waals surface area contributed by atoms with Crippen LogP contribution >= 0.6 is 0 Å². The first-order chi connectivity index (χ1) is 6.84. The second-order valence-electron chi connectivity index (χ2n) is 3.33. The van der Waals surface area contributed by atoms with Crippen molar-refractivity contribution in [3.8, 4) is 11.8 Å². The molecule has 0 saturated heterocycles. The summed E-state index contributed by atoms with van der Waals surface area (Å²) in [6.45, 7) is 2.57. The third kappa shape index (κ3) is 3.66. The van der Waals surface area contributed by atoms with E-state index in [1.165, 1.54) is 19.3 Å². The fourth-order valence-electron chi connectivity index (χ4n) is 1.26. The number of unbranched alkanes of at least 4 members (excludes halogenated alkanes) is 4. The molecular weight excluding hydrogens is 176 g/mol. The summed E-state index contributed by atoms with van der Waals surface area (Å²) in [5.74, 6) is 5.57. The number of esters is 1. The van der Waals surface area contributed by atoms with Crippen molar-refractivity contribution < 1.29 is 9.53 Å². The first kappa shape index (κ1) is 10.8. The van der Waals surface area contributed by atoms with Gasteiger partial charge in [0.1, 0.15) is 12.2 Å². The van der Waals surface area contributed by atoms with Gasteiger partial charge in [-0.2, -0.15) is 0 Å². The SMILES string of the molecule is CCCCCCC#CC1=CCOC1=O. The van der Waals surface area contributed by atoms with Gasteiger partial charge in [0.2, 0.25) is 0 Å². The molecule has 1 heterocycles. The van der Waals surface area contributed by atoms with Crippen molar-refractivity contribution in [1.82, 2.24) is 0 Å². The predicted octanol–water partition coefficient (Wildman–Crippen LogP) is 2.44. The lowest BCUT2D eigenvalue weighted by Gasteiger charge is -1.92. The summed E-state index contributed by atoms with van der Waals surface area (Å²) in [7, 11) is 0. The van der Waals surface area contributed by atoms with Crippen LogP contribution in [0, 0.1) is 11.8 Å². The molecule has 1 aliphatic rings. The zero-order valence-corrected chi connectivity index (χ0v) is 8.64. The van der Waals surface area contributed by atoms with Crippen LogP contribution in [0.5, 0.6) is 0 Å². The predicted molar refractivity (Wildman–Crippen MR) is 55.6 cm³/mol. The summed E-state index contributed by atoms with van der Waals surface area (Å²) < 4.78 is 4.73. The number of hydrogen-bond acceptors (Lipinski definition) is 2. The molecule has 0 atom stereocenters. The van der Waals surface area contributed by atoms with E-state index in [0.29, 0.717) is 12.2 Å². The molecule has 0 bridgehead atoms. The molecule has 2 heteroatoms. The molecule has 2 nitrogen and oxygen atoms in total. The molecule has 0 amide bonds. The molecule has 0 radical (unpaired) electrons. The average Bonchev–Trinajstić information content (AvgIpc) is 2.58. The Kier molecular flexibility index (Phi) is 4.85. The van der Waals surface area contributed by atoms with Crippen molar-refractivity contribution in [2.75, 3.05) is 6.61 Å². The maximum absolute atomic E-state index is 10.9. The van der Waals surface area contributed by atoms with Crippen molar-refractivity contribution >= 4 is 5.97 Å². The molecule has 1 rings (SSSR count). The third-order valence-corrected chi connectivity index (χ3v) is 2.10. The molecule has 76 valence electrons. The van der Waals surface area contributed by atoms with Crippen molar-refractivity contribution in [2.24, 2.45) is 0 Å². The van der Waals surface area contributed by atoms with Crippen LogP contribution in [0.1, 0.15) is 39.0 Å². The van der Waals surface area contributed by atoms with Crippen LogP contribution in [-0.4, -0.2) is 12.6 Å². The Bertz CT molecular complexity index is 278.